The van der Waals surface area contributed by atoms with E-state index in [9.17, 15) is 9.90 Å². The van der Waals surface area contributed by atoms with Gasteiger partial charge in [-0.3, -0.25) is 9.36 Å². The quantitative estimate of drug-likeness (QED) is 0.628. The number of phenols is 1. The van der Waals surface area contributed by atoms with Gasteiger partial charge in [0, 0.05) is 18.7 Å². The summed E-state index contributed by atoms with van der Waals surface area (Å²) < 4.78 is 2.04. The molecule has 0 bridgehead atoms. The fourth-order valence-corrected chi connectivity index (χ4v) is 4.33. The molecule has 7 heteroatoms. The van der Waals surface area contributed by atoms with Crippen LogP contribution in [0.1, 0.15) is 24.8 Å². The molecule has 0 spiro atoms. The molecule has 150 valence electrons. The molecular weight excluding hydrogens is 384 g/mol. The van der Waals surface area contributed by atoms with Gasteiger partial charge in [0.1, 0.15) is 5.75 Å². The minimum atomic E-state index is 0.162. The van der Waals surface area contributed by atoms with E-state index in [2.05, 4.69) is 22.3 Å². The fraction of sp³-hybridized carbons (Fsp3) is 0.318. The van der Waals surface area contributed by atoms with Crippen LogP contribution >= 0.6 is 11.8 Å². The third kappa shape index (κ3) is 4.79. The third-order valence-electron chi connectivity index (χ3n) is 5.06. The molecule has 4 rings (SSSR count). The standard InChI is InChI=1S/C22H24N4O2S/c27-19-11-9-18(10-12-19)21-23-24-22(26(21)15-17-7-3-1-4-8-17)29-16-20(28)25-13-5-2-6-14-25/h1,3-4,7-12,27H,2,5-6,13-16H2. The molecule has 0 atom stereocenters. The Labute approximate surface area is 174 Å². The van der Waals surface area contributed by atoms with Crippen molar-refractivity contribution in [2.24, 2.45) is 0 Å². The Morgan fingerprint density at radius 1 is 0.966 bits per heavy atom. The summed E-state index contributed by atoms with van der Waals surface area (Å²) >= 11 is 1.44. The lowest BCUT2D eigenvalue weighted by molar-refractivity contribution is -0.129. The summed E-state index contributed by atoms with van der Waals surface area (Å²) in [5, 5.41) is 19.1. The van der Waals surface area contributed by atoms with Gasteiger partial charge in [-0.25, -0.2) is 0 Å². The lowest BCUT2D eigenvalue weighted by Crippen LogP contribution is -2.36. The highest BCUT2D eigenvalue weighted by atomic mass is 32.2. The summed E-state index contributed by atoms with van der Waals surface area (Å²) in [5.41, 5.74) is 2.01. The molecule has 0 saturated carbocycles. The van der Waals surface area contributed by atoms with E-state index >= 15 is 0 Å². The molecule has 1 aromatic heterocycles. The highest BCUT2D eigenvalue weighted by molar-refractivity contribution is 7.99. The van der Waals surface area contributed by atoms with Gasteiger partial charge in [-0.1, -0.05) is 42.1 Å². The van der Waals surface area contributed by atoms with E-state index in [1.165, 1.54) is 18.2 Å². The predicted octanol–water partition coefficient (Wildman–Crippen LogP) is 3.80. The number of carbonyl (C=O) groups is 1. The molecule has 1 saturated heterocycles. The number of carbonyl (C=O) groups excluding carboxylic acids is 1. The number of aromatic nitrogens is 3. The zero-order valence-corrected chi connectivity index (χ0v) is 17.0. The maximum atomic E-state index is 12.6. The van der Waals surface area contributed by atoms with E-state index in [-0.39, 0.29) is 11.7 Å². The van der Waals surface area contributed by atoms with Crippen LogP contribution in [-0.2, 0) is 11.3 Å². The highest BCUT2D eigenvalue weighted by Crippen LogP contribution is 2.27. The molecule has 0 unspecified atom stereocenters. The van der Waals surface area contributed by atoms with Crippen molar-refractivity contribution < 1.29 is 9.90 Å². The van der Waals surface area contributed by atoms with Crippen LogP contribution in [0.2, 0.25) is 0 Å². The Hall–Kier alpha value is -2.80. The molecule has 3 aromatic rings. The van der Waals surface area contributed by atoms with Crippen LogP contribution in [0.25, 0.3) is 11.4 Å². The number of piperidine rings is 1. The lowest BCUT2D eigenvalue weighted by atomic mass is 10.1. The zero-order chi connectivity index (χ0) is 20.1. The largest absolute Gasteiger partial charge is 0.508 e. The van der Waals surface area contributed by atoms with Gasteiger partial charge in [0.25, 0.3) is 0 Å². The second kappa shape index (κ2) is 9.13. The summed E-state index contributed by atoms with van der Waals surface area (Å²) in [6.07, 6.45) is 3.38. The minimum absolute atomic E-state index is 0.162. The summed E-state index contributed by atoms with van der Waals surface area (Å²) in [6, 6.07) is 17.1. The van der Waals surface area contributed by atoms with Gasteiger partial charge in [0.15, 0.2) is 11.0 Å². The monoisotopic (exact) mass is 408 g/mol. The number of likely N-dealkylation sites (tertiary alicyclic amines) is 1. The molecule has 1 aliphatic heterocycles. The van der Waals surface area contributed by atoms with E-state index < -0.39 is 0 Å². The lowest BCUT2D eigenvalue weighted by Gasteiger charge is -2.26. The molecule has 1 amide bonds. The topological polar surface area (TPSA) is 71.2 Å². The smallest absolute Gasteiger partial charge is 0.233 e. The normalized spacial score (nSPS) is 14.1. The molecule has 1 aliphatic rings. The van der Waals surface area contributed by atoms with Crippen molar-refractivity contribution in [2.75, 3.05) is 18.8 Å². The number of aromatic hydroxyl groups is 1. The number of benzene rings is 2. The summed E-state index contributed by atoms with van der Waals surface area (Å²) in [4.78, 5) is 14.5. The maximum Gasteiger partial charge on any atom is 0.233 e. The van der Waals surface area contributed by atoms with Crippen LogP contribution in [0.5, 0.6) is 5.75 Å². The Morgan fingerprint density at radius 2 is 1.69 bits per heavy atom. The van der Waals surface area contributed by atoms with Crippen molar-refractivity contribution in [3.8, 4) is 17.1 Å². The van der Waals surface area contributed by atoms with Gasteiger partial charge in [-0.05, 0) is 49.1 Å². The molecule has 2 aromatic carbocycles. The van der Waals surface area contributed by atoms with Crippen LogP contribution in [-0.4, -0.2) is 49.5 Å². The van der Waals surface area contributed by atoms with Gasteiger partial charge in [0.2, 0.25) is 5.91 Å². The second-order valence-corrected chi connectivity index (χ2v) is 8.10. The van der Waals surface area contributed by atoms with E-state index in [0.717, 1.165) is 48.0 Å². The first-order valence-corrected chi connectivity index (χ1v) is 10.9. The van der Waals surface area contributed by atoms with Crippen LogP contribution in [0, 0.1) is 0 Å². The van der Waals surface area contributed by atoms with Crippen molar-refractivity contribution in [1.82, 2.24) is 19.7 Å². The van der Waals surface area contributed by atoms with E-state index in [1.807, 2.05) is 39.8 Å². The van der Waals surface area contributed by atoms with E-state index in [4.69, 9.17) is 0 Å². The fourth-order valence-electron chi connectivity index (χ4n) is 3.49. The molecule has 29 heavy (non-hydrogen) atoms. The molecule has 1 N–H and O–H groups in total. The summed E-state index contributed by atoms with van der Waals surface area (Å²) in [6.45, 7) is 2.33. The van der Waals surface area contributed by atoms with Gasteiger partial charge in [-0.15, -0.1) is 10.2 Å². The van der Waals surface area contributed by atoms with Gasteiger partial charge >= 0.3 is 0 Å². The third-order valence-corrected chi connectivity index (χ3v) is 6.01. The minimum Gasteiger partial charge on any atom is -0.508 e. The molecule has 2 heterocycles. The Kier molecular flexibility index (Phi) is 6.14. The van der Waals surface area contributed by atoms with Gasteiger partial charge < -0.3 is 10.0 Å². The Morgan fingerprint density at radius 3 is 2.41 bits per heavy atom. The second-order valence-electron chi connectivity index (χ2n) is 7.15. The average Bonchev–Trinajstić information content (AvgIpc) is 3.16. The molecular formula is C22H24N4O2S. The Bertz CT molecular complexity index is 951. The van der Waals surface area contributed by atoms with Crippen molar-refractivity contribution in [1.29, 1.82) is 0 Å². The summed E-state index contributed by atoms with van der Waals surface area (Å²) in [5.74, 6) is 1.46. The number of nitrogens with zero attached hydrogens (tertiary/aromatic N) is 4. The van der Waals surface area contributed by atoms with Gasteiger partial charge in [0.05, 0.1) is 12.3 Å². The molecule has 0 aliphatic carbocycles. The maximum absolute atomic E-state index is 12.6. The van der Waals surface area contributed by atoms with Crippen molar-refractivity contribution in [3.05, 3.63) is 60.2 Å². The molecule has 1 fully saturated rings. The number of hydrogen-bond acceptors (Lipinski definition) is 5. The first-order valence-electron chi connectivity index (χ1n) is 9.88. The first-order chi connectivity index (χ1) is 14.2. The molecule has 0 radical (unpaired) electrons. The van der Waals surface area contributed by atoms with E-state index in [1.54, 1.807) is 12.1 Å². The van der Waals surface area contributed by atoms with Crippen LogP contribution in [0.3, 0.4) is 0 Å². The van der Waals surface area contributed by atoms with Crippen molar-refractivity contribution in [3.63, 3.8) is 0 Å². The van der Waals surface area contributed by atoms with E-state index in [0.29, 0.717) is 12.3 Å². The highest BCUT2D eigenvalue weighted by Gasteiger charge is 2.20. The Balaban J connectivity index is 1.57. The number of amides is 1. The zero-order valence-electron chi connectivity index (χ0n) is 16.2. The van der Waals surface area contributed by atoms with Gasteiger partial charge in [-0.2, -0.15) is 0 Å². The SMILES string of the molecule is O=C(CSc1nnc(-c2ccc(O)cc2)n1Cc1ccccc1)N1CCCCC1. The van der Waals surface area contributed by atoms with Crippen molar-refractivity contribution >= 4 is 17.7 Å². The number of rotatable bonds is 6. The number of hydrogen-bond donors (Lipinski definition) is 1. The number of phenolic OH excluding ortho intramolecular Hbond substituents is 1. The summed E-state index contributed by atoms with van der Waals surface area (Å²) in [7, 11) is 0. The van der Waals surface area contributed by atoms with Crippen LogP contribution in [0.15, 0.2) is 59.8 Å². The molecule has 6 nitrogen and oxygen atoms in total. The van der Waals surface area contributed by atoms with Crippen LogP contribution in [0.4, 0.5) is 0 Å². The number of thioether (sulfide) groups is 1. The van der Waals surface area contributed by atoms with Crippen LogP contribution < -0.4 is 0 Å². The van der Waals surface area contributed by atoms with Crippen molar-refractivity contribution in [2.45, 2.75) is 31.0 Å². The predicted molar refractivity (Wildman–Crippen MR) is 114 cm³/mol. The first kappa shape index (κ1) is 19.5. The average molecular weight is 409 g/mol.